The van der Waals surface area contributed by atoms with Crippen molar-refractivity contribution in [2.45, 2.75) is 179 Å². The van der Waals surface area contributed by atoms with E-state index in [0.29, 0.717) is 24.1 Å². The summed E-state index contributed by atoms with van der Waals surface area (Å²) in [5.41, 5.74) is -0.0363. The third-order valence-corrected chi connectivity index (χ3v) is 24.3. The summed E-state index contributed by atoms with van der Waals surface area (Å²) in [6, 6.07) is 29.1. The molecule has 0 radical (unpaired) electrons. The summed E-state index contributed by atoms with van der Waals surface area (Å²) < 4.78 is 40.5. The number of ether oxygens (including phenoxy) is 5. The summed E-state index contributed by atoms with van der Waals surface area (Å²) in [5.74, 6) is 1.37. The monoisotopic (exact) mass is 1050 g/mol. The van der Waals surface area contributed by atoms with Gasteiger partial charge < -0.3 is 42.4 Å². The van der Waals surface area contributed by atoms with E-state index >= 15 is 0 Å². The Hall–Kier alpha value is -5.04. The summed E-state index contributed by atoms with van der Waals surface area (Å²) in [7, 11) is -1.09. The van der Waals surface area contributed by atoms with Gasteiger partial charge in [0.05, 0.1) is 19.3 Å². The Labute approximate surface area is 445 Å². The molecule has 1 N–H and O–H groups in total. The molecule has 3 aromatic carbocycles. The smallest absolute Gasteiger partial charge is 0.340 e. The minimum atomic E-state index is -2.15. The Kier molecular flexibility index (Phi) is 20.9. The fourth-order valence-electron chi connectivity index (χ4n) is 8.39. The van der Waals surface area contributed by atoms with Crippen LogP contribution in [0, 0.1) is 5.92 Å². The fraction of sp³-hybridized carbons (Fsp3) is 0.542. The highest BCUT2D eigenvalue weighted by Crippen LogP contribution is 2.47. The first kappa shape index (κ1) is 61.5. The van der Waals surface area contributed by atoms with Crippen molar-refractivity contribution in [3.05, 3.63) is 132 Å². The molecule has 7 rings (SSSR count). The molecule has 0 saturated heterocycles. The fourth-order valence-corrected chi connectivity index (χ4v) is 11.0. The van der Waals surface area contributed by atoms with E-state index in [-0.39, 0.29) is 28.4 Å². The molecule has 3 aliphatic heterocycles. The van der Waals surface area contributed by atoms with Crippen LogP contribution in [0.2, 0.25) is 36.3 Å². The molecular weight excluding hydrogens is 967 g/mol. The van der Waals surface area contributed by atoms with Gasteiger partial charge in [-0.3, -0.25) is 0 Å². The minimum Gasteiger partial charge on any atom is -0.471 e. The van der Waals surface area contributed by atoms with Gasteiger partial charge in [0.2, 0.25) is 23.2 Å². The second-order valence-electron chi connectivity index (χ2n) is 22.4. The van der Waals surface area contributed by atoms with Gasteiger partial charge in [0.25, 0.3) is 0 Å². The molecule has 3 heterocycles. The second-order valence-corrected chi connectivity index (χ2v) is 31.9. The molecule has 0 aromatic heterocycles. The molecule has 0 amide bonds. The Balaban J connectivity index is 0.000000233. The largest absolute Gasteiger partial charge is 0.471 e. The van der Waals surface area contributed by atoms with E-state index in [4.69, 9.17) is 37.8 Å². The summed E-state index contributed by atoms with van der Waals surface area (Å²) in [4.78, 5) is 38.4. The van der Waals surface area contributed by atoms with Crippen molar-refractivity contribution in [1.29, 1.82) is 0 Å². The molecule has 0 saturated carbocycles. The first-order valence-electron chi connectivity index (χ1n) is 26.0. The van der Waals surface area contributed by atoms with Crippen LogP contribution >= 0.6 is 0 Å². The van der Waals surface area contributed by atoms with Crippen molar-refractivity contribution in [2.75, 3.05) is 20.8 Å². The van der Waals surface area contributed by atoms with Gasteiger partial charge in [0.15, 0.2) is 28.5 Å². The quantitative estimate of drug-likeness (QED) is 0.0713. The van der Waals surface area contributed by atoms with E-state index in [2.05, 4.69) is 122 Å². The van der Waals surface area contributed by atoms with Crippen LogP contribution in [0.1, 0.15) is 106 Å². The zero-order chi connectivity index (χ0) is 55.5. The van der Waals surface area contributed by atoms with E-state index < -0.39 is 57.5 Å². The lowest BCUT2D eigenvalue weighted by molar-refractivity contribution is -0.155. The topological polar surface area (TPSA) is 156 Å². The second kappa shape index (κ2) is 25.2. The number of aldehydes is 1. The van der Waals surface area contributed by atoms with Crippen LogP contribution < -0.4 is 0 Å². The molecule has 406 valence electrons. The number of hydrogen-bond donors (Lipinski definition) is 1. The standard InChI is InChI=1S/C21H31NO2Si.C20H29NO3Si.C15H19NO4.C3H8O/c1-15-13-14-21(18(15)24-25(6,7)20(3,4)5)16(2)23-19(22-21)17-11-9-8-10-12-17;1-8-20(17(14-22)24-25(6,7)19(3,4)5)15(2)23-18(21-20)16-12-10-9-11-13-16;1-4-12(17)15(14(18)19-3)10(2)20-13(16-15)11-8-6-5-7-9-11;1-3-4-2/h8-16,18H,1-7H3;8-15,17H,1H2,2-7H3;5-10,12,17H,4H2,1-3H3;3H2,1-2H3/t15?,16?,18?,21-;15?,17?,20-;10?,12?,15-;/m111./s1. The van der Waals surface area contributed by atoms with Crippen LogP contribution in [-0.2, 0) is 42.1 Å². The summed E-state index contributed by atoms with van der Waals surface area (Å²) in [6.45, 7) is 38.7. The van der Waals surface area contributed by atoms with Crippen molar-refractivity contribution in [1.82, 2.24) is 0 Å². The SMILES string of the molecule is C=C[C@@]1(C(C=O)O[Si](C)(C)C(C)(C)C)N=C(c2ccccc2)OC1C.CC1C=C[C@]2(N=C(c3ccccc3)OC2C)C1O[Si](C)(C)C(C)(C)C.CCC(O)[C@]1(C(=O)OC)N=C(c2ccccc2)OC1C.CCOC. The zero-order valence-corrected chi connectivity index (χ0v) is 49.6. The van der Waals surface area contributed by atoms with Crippen LogP contribution in [0.3, 0.4) is 0 Å². The van der Waals surface area contributed by atoms with Gasteiger partial charge in [-0.2, -0.15) is 0 Å². The number of aliphatic hydroxyl groups excluding tert-OH is 1. The Morgan fingerprint density at radius 1 is 0.716 bits per heavy atom. The number of methoxy groups -OCH3 is 2. The Bertz CT molecular complexity index is 2430. The van der Waals surface area contributed by atoms with Gasteiger partial charge in [-0.1, -0.05) is 128 Å². The van der Waals surface area contributed by atoms with Crippen molar-refractivity contribution in [2.24, 2.45) is 20.9 Å². The number of aliphatic hydroxyl groups is 1. The van der Waals surface area contributed by atoms with Gasteiger partial charge in [-0.05, 0) is 107 Å². The first-order valence-corrected chi connectivity index (χ1v) is 31.8. The normalized spacial score (nSPS) is 26.9. The maximum Gasteiger partial charge on any atom is 0.340 e. The van der Waals surface area contributed by atoms with Crippen LogP contribution in [0.4, 0.5) is 0 Å². The lowest BCUT2D eigenvalue weighted by atomic mass is 9.86. The number of carbonyl (C=O) groups excluding carboxylic acids is 2. The number of aliphatic imine (C=N–C) groups is 3. The minimum absolute atomic E-state index is 0.00864. The van der Waals surface area contributed by atoms with E-state index in [1.165, 1.54) is 7.11 Å². The number of nitrogens with zero attached hydrogens (tertiary/aromatic N) is 3. The highest BCUT2D eigenvalue weighted by Gasteiger charge is 2.58. The highest BCUT2D eigenvalue weighted by molar-refractivity contribution is 6.74. The predicted octanol–water partition coefficient (Wildman–Crippen LogP) is 11.7. The predicted molar refractivity (Wildman–Crippen MR) is 303 cm³/mol. The molecule has 10 atom stereocenters. The summed E-state index contributed by atoms with van der Waals surface area (Å²) in [6.07, 6.45) is 4.80. The van der Waals surface area contributed by atoms with Crippen LogP contribution in [0.5, 0.6) is 0 Å². The van der Waals surface area contributed by atoms with Gasteiger partial charge >= 0.3 is 5.97 Å². The van der Waals surface area contributed by atoms with Gasteiger partial charge in [-0.25, -0.2) is 19.8 Å². The third-order valence-electron chi connectivity index (χ3n) is 15.4. The number of esters is 1. The van der Waals surface area contributed by atoms with Crippen molar-refractivity contribution < 1.29 is 47.2 Å². The average Bonchev–Trinajstić information content (AvgIpc) is 4.12. The van der Waals surface area contributed by atoms with Crippen LogP contribution in [0.25, 0.3) is 0 Å². The lowest BCUT2D eigenvalue weighted by Gasteiger charge is -2.43. The van der Waals surface area contributed by atoms with Gasteiger partial charge in [-0.15, -0.1) is 6.58 Å². The molecule has 0 fully saturated rings. The molecule has 1 spiro atoms. The van der Waals surface area contributed by atoms with Crippen LogP contribution in [-0.4, -0.2) is 126 Å². The van der Waals surface area contributed by atoms with Crippen molar-refractivity contribution in [3.8, 4) is 0 Å². The number of rotatable bonds is 14. The molecule has 3 aromatic rings. The number of carbonyl (C=O) groups is 2. The Morgan fingerprint density at radius 2 is 1.15 bits per heavy atom. The van der Waals surface area contributed by atoms with E-state index in [0.717, 1.165) is 35.5 Å². The lowest BCUT2D eigenvalue weighted by Crippen LogP contribution is -2.54. The Morgan fingerprint density at radius 3 is 1.55 bits per heavy atom. The van der Waals surface area contributed by atoms with Gasteiger partial charge in [0.1, 0.15) is 30.0 Å². The highest BCUT2D eigenvalue weighted by atomic mass is 28.4. The van der Waals surface area contributed by atoms with Crippen molar-refractivity contribution >= 4 is 46.6 Å². The van der Waals surface area contributed by atoms with Crippen LogP contribution in [0.15, 0.2) is 131 Å². The average molecular weight is 1050 g/mol. The van der Waals surface area contributed by atoms with E-state index in [9.17, 15) is 14.7 Å². The molecule has 0 bridgehead atoms. The molecule has 4 aliphatic rings. The van der Waals surface area contributed by atoms with Gasteiger partial charge in [0, 0.05) is 36.3 Å². The van der Waals surface area contributed by atoms with Crippen molar-refractivity contribution in [3.63, 3.8) is 0 Å². The number of hydrogen-bond acceptors (Lipinski definition) is 13. The summed E-state index contributed by atoms with van der Waals surface area (Å²) >= 11 is 0. The van der Waals surface area contributed by atoms with E-state index in [1.54, 1.807) is 27.0 Å². The maximum absolute atomic E-state index is 12.2. The zero-order valence-electron chi connectivity index (χ0n) is 47.6. The molecular formula is C59H87N3O10Si2. The molecule has 15 heteroatoms. The first-order chi connectivity index (χ1) is 34.6. The summed E-state index contributed by atoms with van der Waals surface area (Å²) in [5, 5.41) is 10.4. The third kappa shape index (κ3) is 13.3. The molecule has 1 aliphatic carbocycles. The van der Waals surface area contributed by atoms with E-state index in [1.807, 2.05) is 92.7 Å². The molecule has 7 unspecified atom stereocenters. The maximum atomic E-state index is 12.2. The molecule has 13 nitrogen and oxygen atoms in total. The molecule has 74 heavy (non-hydrogen) atoms. The number of benzene rings is 3.